The van der Waals surface area contributed by atoms with Gasteiger partial charge in [0.05, 0.1) is 24.9 Å². The number of ether oxygens (including phenoxy) is 2. The Morgan fingerprint density at radius 1 is 1.15 bits per heavy atom. The zero-order valence-corrected chi connectivity index (χ0v) is 16.1. The average Bonchev–Trinajstić information content (AvgIpc) is 2.64. The third-order valence-electron chi connectivity index (χ3n) is 3.86. The number of hydrogen-bond acceptors (Lipinski definition) is 5. The number of unbranched alkanes of at least 4 members (excludes halogenated alkanes) is 1. The molecule has 26 heavy (non-hydrogen) atoms. The molecule has 5 nitrogen and oxygen atoms in total. The number of hydrogen-bond donors (Lipinski definition) is 1. The summed E-state index contributed by atoms with van der Waals surface area (Å²) in [5.41, 5.74) is 1.02. The minimum absolute atomic E-state index is 0.329. The molecule has 1 N–H and O–H groups in total. The molecule has 0 aliphatic heterocycles. The maximum atomic E-state index is 14.1. The van der Waals surface area contributed by atoms with Crippen molar-refractivity contribution in [1.82, 2.24) is 9.97 Å². The van der Waals surface area contributed by atoms with Crippen LogP contribution in [0.4, 0.5) is 15.9 Å². The van der Waals surface area contributed by atoms with E-state index in [0.717, 1.165) is 18.2 Å². The third kappa shape index (κ3) is 4.04. The first-order valence-corrected chi connectivity index (χ1v) is 9.09. The average molecular weight is 420 g/mol. The van der Waals surface area contributed by atoms with E-state index in [4.69, 9.17) is 9.47 Å². The third-order valence-corrected chi connectivity index (χ3v) is 4.35. The van der Waals surface area contributed by atoms with Crippen molar-refractivity contribution in [2.24, 2.45) is 0 Å². The molecule has 0 aliphatic carbocycles. The first-order chi connectivity index (χ1) is 12.6. The number of aromatic nitrogens is 2. The van der Waals surface area contributed by atoms with E-state index < -0.39 is 0 Å². The van der Waals surface area contributed by atoms with Gasteiger partial charge in [0.15, 0.2) is 11.5 Å². The highest BCUT2D eigenvalue weighted by molar-refractivity contribution is 9.10. The molecule has 0 bridgehead atoms. The van der Waals surface area contributed by atoms with Crippen molar-refractivity contribution < 1.29 is 13.9 Å². The summed E-state index contributed by atoms with van der Waals surface area (Å²) in [6.07, 6.45) is 3.44. The van der Waals surface area contributed by atoms with Crippen LogP contribution in [0.1, 0.15) is 19.8 Å². The molecule has 0 atom stereocenters. The Kier molecular flexibility index (Phi) is 5.88. The van der Waals surface area contributed by atoms with Gasteiger partial charge in [0.2, 0.25) is 0 Å². The minimum Gasteiger partial charge on any atom is -0.493 e. The van der Waals surface area contributed by atoms with Crippen molar-refractivity contribution in [3.05, 3.63) is 46.9 Å². The van der Waals surface area contributed by atoms with Crippen LogP contribution in [0.15, 0.2) is 41.1 Å². The van der Waals surface area contributed by atoms with Crippen molar-refractivity contribution >= 4 is 38.3 Å². The second-order valence-electron chi connectivity index (χ2n) is 5.69. The number of anilines is 2. The van der Waals surface area contributed by atoms with Crippen molar-refractivity contribution in [2.45, 2.75) is 19.8 Å². The lowest BCUT2D eigenvalue weighted by atomic mass is 10.2. The number of nitrogens with one attached hydrogen (secondary N) is 1. The number of benzene rings is 2. The standard InChI is InChI=1S/C19H19BrFN3O2/c1-3-4-7-26-18-10-16-13(9-17(18)25-2)19(23-11-22-16)24-15-6-5-12(20)8-14(15)21/h5-6,8-11H,3-4,7H2,1-2H3,(H,22,23,24). The highest BCUT2D eigenvalue weighted by Crippen LogP contribution is 2.35. The molecule has 1 heterocycles. The number of rotatable bonds is 7. The fourth-order valence-electron chi connectivity index (χ4n) is 2.48. The SMILES string of the molecule is CCCCOc1cc2ncnc(Nc3ccc(Br)cc3F)c2cc1OC. The number of methoxy groups -OCH3 is 1. The zero-order valence-electron chi connectivity index (χ0n) is 14.6. The predicted molar refractivity (Wildman–Crippen MR) is 104 cm³/mol. The van der Waals surface area contributed by atoms with Crippen molar-refractivity contribution in [1.29, 1.82) is 0 Å². The monoisotopic (exact) mass is 419 g/mol. The number of fused-ring (bicyclic) bond motifs is 1. The fourth-order valence-corrected chi connectivity index (χ4v) is 2.81. The molecule has 0 saturated carbocycles. The molecular formula is C19H19BrFN3O2. The van der Waals surface area contributed by atoms with E-state index in [0.29, 0.717) is 39.6 Å². The normalized spacial score (nSPS) is 10.8. The summed E-state index contributed by atoms with van der Waals surface area (Å²) in [6, 6.07) is 8.41. The van der Waals surface area contributed by atoms with Crippen LogP contribution in [0.25, 0.3) is 10.9 Å². The predicted octanol–water partition coefficient (Wildman–Crippen LogP) is 5.46. The van der Waals surface area contributed by atoms with Gasteiger partial charge in [-0.1, -0.05) is 29.3 Å². The van der Waals surface area contributed by atoms with E-state index in [-0.39, 0.29) is 5.82 Å². The van der Waals surface area contributed by atoms with Crippen LogP contribution in [-0.2, 0) is 0 Å². The van der Waals surface area contributed by atoms with Gasteiger partial charge in [-0.2, -0.15) is 0 Å². The van der Waals surface area contributed by atoms with E-state index in [1.54, 1.807) is 25.3 Å². The largest absolute Gasteiger partial charge is 0.493 e. The molecule has 0 unspecified atom stereocenters. The second kappa shape index (κ2) is 8.31. The summed E-state index contributed by atoms with van der Waals surface area (Å²) in [7, 11) is 1.58. The fraction of sp³-hybridized carbons (Fsp3) is 0.263. The quantitative estimate of drug-likeness (QED) is 0.515. The molecule has 2 aromatic carbocycles. The van der Waals surface area contributed by atoms with E-state index in [1.807, 2.05) is 6.07 Å². The van der Waals surface area contributed by atoms with Crippen LogP contribution in [0.2, 0.25) is 0 Å². The van der Waals surface area contributed by atoms with Gasteiger partial charge >= 0.3 is 0 Å². The molecule has 7 heteroatoms. The van der Waals surface area contributed by atoms with Crippen LogP contribution < -0.4 is 14.8 Å². The highest BCUT2D eigenvalue weighted by atomic mass is 79.9. The van der Waals surface area contributed by atoms with Crippen LogP contribution >= 0.6 is 15.9 Å². The molecule has 136 valence electrons. The molecule has 3 aromatic rings. The molecule has 3 rings (SSSR count). The van der Waals surface area contributed by atoms with E-state index >= 15 is 0 Å². The minimum atomic E-state index is -0.377. The van der Waals surface area contributed by atoms with Gasteiger partial charge in [-0.15, -0.1) is 0 Å². The summed E-state index contributed by atoms with van der Waals surface area (Å²) >= 11 is 3.25. The summed E-state index contributed by atoms with van der Waals surface area (Å²) in [4.78, 5) is 8.55. The van der Waals surface area contributed by atoms with Gasteiger partial charge in [-0.3, -0.25) is 0 Å². The summed E-state index contributed by atoms with van der Waals surface area (Å²) in [6.45, 7) is 2.71. The number of halogens is 2. The van der Waals surface area contributed by atoms with E-state index in [9.17, 15) is 4.39 Å². The highest BCUT2D eigenvalue weighted by Gasteiger charge is 2.13. The zero-order chi connectivity index (χ0) is 18.5. The van der Waals surface area contributed by atoms with Crippen LogP contribution in [-0.4, -0.2) is 23.7 Å². The van der Waals surface area contributed by atoms with Crippen LogP contribution in [0.5, 0.6) is 11.5 Å². The Hall–Kier alpha value is -2.41. The maximum absolute atomic E-state index is 14.1. The Balaban J connectivity index is 1.98. The Morgan fingerprint density at radius 3 is 2.73 bits per heavy atom. The van der Waals surface area contributed by atoms with E-state index in [1.165, 1.54) is 12.4 Å². The van der Waals surface area contributed by atoms with Crippen LogP contribution in [0, 0.1) is 5.82 Å². The molecule has 0 saturated heterocycles. The van der Waals surface area contributed by atoms with Gasteiger partial charge < -0.3 is 14.8 Å². The molecule has 0 radical (unpaired) electrons. The summed E-state index contributed by atoms with van der Waals surface area (Å²) in [5.74, 6) is 1.34. The van der Waals surface area contributed by atoms with Crippen molar-refractivity contribution in [3.63, 3.8) is 0 Å². The first-order valence-electron chi connectivity index (χ1n) is 8.30. The molecule has 0 aliphatic rings. The topological polar surface area (TPSA) is 56.3 Å². The smallest absolute Gasteiger partial charge is 0.163 e. The lowest BCUT2D eigenvalue weighted by Crippen LogP contribution is -2.01. The second-order valence-corrected chi connectivity index (χ2v) is 6.61. The van der Waals surface area contributed by atoms with Crippen LogP contribution in [0.3, 0.4) is 0 Å². The Bertz CT molecular complexity index is 921. The van der Waals surface area contributed by atoms with Crippen molar-refractivity contribution in [2.75, 3.05) is 19.0 Å². The van der Waals surface area contributed by atoms with Crippen molar-refractivity contribution in [3.8, 4) is 11.5 Å². The molecule has 0 fully saturated rings. The molecule has 1 aromatic heterocycles. The summed E-state index contributed by atoms with van der Waals surface area (Å²) < 4.78 is 26.0. The Morgan fingerprint density at radius 2 is 2.00 bits per heavy atom. The molecular weight excluding hydrogens is 401 g/mol. The van der Waals surface area contributed by atoms with Gasteiger partial charge in [0.1, 0.15) is 18.0 Å². The van der Waals surface area contributed by atoms with E-state index in [2.05, 4.69) is 38.1 Å². The molecule has 0 spiro atoms. The summed E-state index contributed by atoms with van der Waals surface area (Å²) in [5, 5.41) is 3.74. The van der Waals surface area contributed by atoms with Gasteiger partial charge in [-0.05, 0) is 30.7 Å². The Labute approximate surface area is 159 Å². The van der Waals surface area contributed by atoms with Gasteiger partial charge in [-0.25, -0.2) is 14.4 Å². The lowest BCUT2D eigenvalue weighted by molar-refractivity contribution is 0.289. The first kappa shape index (κ1) is 18.4. The molecule has 0 amide bonds. The van der Waals surface area contributed by atoms with Gasteiger partial charge in [0, 0.05) is 15.9 Å². The number of nitrogens with zero attached hydrogens (tertiary/aromatic N) is 2. The van der Waals surface area contributed by atoms with Gasteiger partial charge in [0.25, 0.3) is 0 Å². The lowest BCUT2D eigenvalue weighted by Gasteiger charge is -2.14. The maximum Gasteiger partial charge on any atom is 0.163 e.